The molecule has 3 atom stereocenters. The minimum absolute atomic E-state index is 0.108. The zero-order chi connectivity index (χ0) is 20.1. The Kier molecular flexibility index (Phi) is 4.84. The second-order valence-electron chi connectivity index (χ2n) is 5.63. The molecule has 3 unspecified atom stereocenters. The number of hydrogen-bond acceptors (Lipinski definition) is 2. The summed E-state index contributed by atoms with van der Waals surface area (Å²) in [5.41, 5.74) is -16.1. The molecular weight excluding hydrogens is 371 g/mol. The molecule has 0 bridgehead atoms. The normalized spacial score (nSPS) is 38.6. The van der Waals surface area contributed by atoms with Gasteiger partial charge in [0, 0.05) is 12.5 Å². The maximum atomic E-state index is 14.6. The van der Waals surface area contributed by atoms with Gasteiger partial charge < -0.3 is 4.74 Å². The number of allylic oxidation sites excluding steroid dienone is 1. The van der Waals surface area contributed by atoms with Crippen LogP contribution in [-0.4, -0.2) is 47.4 Å². The highest BCUT2D eigenvalue weighted by atomic mass is 19.3. The number of hydrogen-bond donors (Lipinski definition) is 0. The summed E-state index contributed by atoms with van der Waals surface area (Å²) >= 11 is 0. The highest BCUT2D eigenvalue weighted by Gasteiger charge is 2.97. The van der Waals surface area contributed by atoms with Crippen molar-refractivity contribution < 1.29 is 49.0 Å². The fourth-order valence-corrected chi connectivity index (χ4v) is 2.52. The lowest BCUT2D eigenvalue weighted by atomic mass is 9.61. The number of carbonyl (C=O) groups is 1. The summed E-state index contributed by atoms with van der Waals surface area (Å²) in [4.78, 5) is 10.8. The van der Waals surface area contributed by atoms with Crippen LogP contribution in [0.1, 0.15) is 13.3 Å². The van der Waals surface area contributed by atoms with Gasteiger partial charge >= 0.3 is 23.7 Å². The van der Waals surface area contributed by atoms with Crippen molar-refractivity contribution in [3.05, 3.63) is 25.3 Å². The van der Waals surface area contributed by atoms with Crippen molar-refractivity contribution in [2.45, 2.75) is 48.1 Å². The molecule has 11 heteroatoms. The number of rotatable bonds is 5. The van der Waals surface area contributed by atoms with Crippen LogP contribution in [0.5, 0.6) is 0 Å². The van der Waals surface area contributed by atoms with Crippen molar-refractivity contribution in [3.8, 4) is 0 Å². The topological polar surface area (TPSA) is 26.3 Å². The summed E-state index contributed by atoms with van der Waals surface area (Å²) in [7, 11) is 0. The Bertz CT molecular complexity index is 555. The molecule has 0 heterocycles. The summed E-state index contributed by atoms with van der Waals surface area (Å²) in [5.74, 6) is -20.3. The summed E-state index contributed by atoms with van der Waals surface area (Å²) in [6, 6.07) is 0. The van der Waals surface area contributed by atoms with E-state index in [1.54, 1.807) is 0 Å². The van der Waals surface area contributed by atoms with Crippen LogP contribution in [0.3, 0.4) is 0 Å². The summed E-state index contributed by atoms with van der Waals surface area (Å²) in [6.07, 6.45) is -1.71. The molecule has 0 N–H and O–H groups in total. The van der Waals surface area contributed by atoms with E-state index in [4.69, 9.17) is 0 Å². The average molecular weight is 384 g/mol. The minimum Gasteiger partial charge on any atom is -0.459 e. The molecule has 1 fully saturated rings. The third-order valence-corrected chi connectivity index (χ3v) is 4.23. The summed E-state index contributed by atoms with van der Waals surface area (Å²) < 4.78 is 131. The Morgan fingerprint density at radius 2 is 1.32 bits per heavy atom. The SMILES string of the molecule is C=CCC1(F)C(F)(F)C(C)(F)C(F)(COC(=O)C=C)C(F)(F)C1(F)F. The van der Waals surface area contributed by atoms with Crippen LogP contribution in [0.2, 0.25) is 0 Å². The standard InChI is InChI=1S/C14H13F9O2/c1-4-6-10(16)12(18,19)9(3,15)11(17,7-25-8(24)5-2)14(22,23)13(10,20)21/h4-5H,1-2,6-7H2,3H3. The van der Waals surface area contributed by atoms with Gasteiger partial charge in [0.2, 0.25) is 11.3 Å². The van der Waals surface area contributed by atoms with Gasteiger partial charge in [-0.25, -0.2) is 18.0 Å². The highest BCUT2D eigenvalue weighted by molar-refractivity contribution is 5.81. The van der Waals surface area contributed by atoms with Gasteiger partial charge in [-0.05, 0) is 6.92 Å². The molecule has 0 radical (unpaired) electrons. The quantitative estimate of drug-likeness (QED) is 0.305. The van der Waals surface area contributed by atoms with Crippen molar-refractivity contribution >= 4 is 5.97 Å². The van der Waals surface area contributed by atoms with Gasteiger partial charge in [0.1, 0.15) is 6.61 Å². The molecule has 0 aromatic heterocycles. The fourth-order valence-electron chi connectivity index (χ4n) is 2.52. The molecule has 0 amide bonds. The fraction of sp³-hybridized carbons (Fsp3) is 0.643. The highest BCUT2D eigenvalue weighted by Crippen LogP contribution is 2.69. The molecular formula is C14H13F9O2. The van der Waals surface area contributed by atoms with E-state index < -0.39 is 60.7 Å². The number of alkyl halides is 9. The summed E-state index contributed by atoms with van der Waals surface area (Å²) in [5, 5.41) is 0. The molecule has 25 heavy (non-hydrogen) atoms. The van der Waals surface area contributed by atoms with Crippen LogP contribution in [0.4, 0.5) is 39.5 Å². The van der Waals surface area contributed by atoms with Gasteiger partial charge in [-0.2, -0.15) is 26.3 Å². The molecule has 1 saturated carbocycles. The monoisotopic (exact) mass is 384 g/mol. The van der Waals surface area contributed by atoms with Gasteiger partial charge in [0.25, 0.3) is 5.67 Å². The van der Waals surface area contributed by atoms with E-state index in [9.17, 15) is 44.3 Å². The first kappa shape index (κ1) is 21.4. The zero-order valence-corrected chi connectivity index (χ0v) is 12.7. The third kappa shape index (κ3) is 2.23. The average Bonchev–Trinajstić information content (AvgIpc) is 2.50. The summed E-state index contributed by atoms with van der Waals surface area (Å²) in [6.45, 7) is 2.44. The molecule has 1 aliphatic carbocycles. The van der Waals surface area contributed by atoms with Crippen molar-refractivity contribution in [3.63, 3.8) is 0 Å². The predicted molar refractivity (Wildman–Crippen MR) is 68.0 cm³/mol. The maximum absolute atomic E-state index is 14.6. The van der Waals surface area contributed by atoms with E-state index in [0.29, 0.717) is 0 Å². The molecule has 0 saturated heterocycles. The first-order valence-electron chi connectivity index (χ1n) is 6.62. The van der Waals surface area contributed by atoms with E-state index in [1.807, 2.05) is 0 Å². The molecule has 144 valence electrons. The third-order valence-electron chi connectivity index (χ3n) is 4.23. The Balaban J connectivity index is 3.70. The van der Waals surface area contributed by atoms with Crippen LogP contribution < -0.4 is 0 Å². The molecule has 0 aromatic rings. The second kappa shape index (κ2) is 5.66. The number of carbonyl (C=O) groups excluding carboxylic acids is 1. The molecule has 0 aliphatic heterocycles. The first-order valence-corrected chi connectivity index (χ1v) is 6.62. The van der Waals surface area contributed by atoms with Gasteiger partial charge in [-0.3, -0.25) is 0 Å². The molecule has 2 nitrogen and oxygen atoms in total. The number of ether oxygens (including phenoxy) is 1. The van der Waals surface area contributed by atoms with Crippen LogP contribution in [0, 0.1) is 0 Å². The van der Waals surface area contributed by atoms with Crippen LogP contribution in [-0.2, 0) is 9.53 Å². The van der Waals surface area contributed by atoms with Gasteiger partial charge in [-0.15, -0.1) is 6.58 Å². The van der Waals surface area contributed by atoms with E-state index in [1.165, 1.54) is 0 Å². The first-order chi connectivity index (χ1) is 11.0. The van der Waals surface area contributed by atoms with Gasteiger partial charge in [0.05, 0.1) is 0 Å². The van der Waals surface area contributed by atoms with Crippen LogP contribution in [0.15, 0.2) is 25.3 Å². The second-order valence-corrected chi connectivity index (χ2v) is 5.63. The van der Waals surface area contributed by atoms with Crippen LogP contribution in [0.25, 0.3) is 0 Å². The van der Waals surface area contributed by atoms with Gasteiger partial charge in [-0.1, -0.05) is 12.7 Å². The predicted octanol–water partition coefficient (Wildman–Crippen LogP) is 4.36. The molecule has 1 rings (SSSR count). The minimum atomic E-state index is -6.36. The lowest BCUT2D eigenvalue weighted by Gasteiger charge is -2.57. The largest absolute Gasteiger partial charge is 0.459 e. The van der Waals surface area contributed by atoms with E-state index in [2.05, 4.69) is 17.9 Å². The van der Waals surface area contributed by atoms with Crippen molar-refractivity contribution in [2.24, 2.45) is 0 Å². The van der Waals surface area contributed by atoms with Crippen molar-refractivity contribution in [1.82, 2.24) is 0 Å². The van der Waals surface area contributed by atoms with E-state index in [0.717, 1.165) is 0 Å². The lowest BCUT2D eigenvalue weighted by molar-refractivity contribution is -0.436. The lowest BCUT2D eigenvalue weighted by Crippen LogP contribution is -2.86. The van der Waals surface area contributed by atoms with Crippen LogP contribution >= 0.6 is 0 Å². The molecule has 0 spiro atoms. The van der Waals surface area contributed by atoms with Crippen molar-refractivity contribution in [1.29, 1.82) is 0 Å². The number of esters is 1. The van der Waals surface area contributed by atoms with Crippen molar-refractivity contribution in [2.75, 3.05) is 6.61 Å². The Morgan fingerprint density at radius 1 is 0.880 bits per heavy atom. The number of halogens is 9. The zero-order valence-electron chi connectivity index (χ0n) is 12.7. The maximum Gasteiger partial charge on any atom is 0.353 e. The molecule has 0 aromatic carbocycles. The molecule has 1 aliphatic rings. The Labute approximate surface area is 136 Å². The Morgan fingerprint density at radius 3 is 1.72 bits per heavy atom. The van der Waals surface area contributed by atoms with Gasteiger partial charge in [0.15, 0.2) is 0 Å². The van der Waals surface area contributed by atoms with E-state index >= 15 is 0 Å². The van der Waals surface area contributed by atoms with E-state index in [-0.39, 0.29) is 12.2 Å². The smallest absolute Gasteiger partial charge is 0.353 e. The Hall–Kier alpha value is -1.68.